The Kier molecular flexibility index (Phi) is 4.92. The molecule has 3 heterocycles. The van der Waals surface area contributed by atoms with Crippen LogP contribution in [-0.2, 0) is 13.0 Å². The molecule has 1 aliphatic heterocycles. The molecule has 4 aromatic rings. The Bertz CT molecular complexity index is 1220. The van der Waals surface area contributed by atoms with Crippen molar-refractivity contribution in [2.24, 2.45) is 0 Å². The first-order valence-electron chi connectivity index (χ1n) is 10.1. The van der Waals surface area contributed by atoms with Gasteiger partial charge in [-0.1, -0.05) is 29.5 Å². The van der Waals surface area contributed by atoms with Crippen molar-refractivity contribution in [3.05, 3.63) is 89.9 Å². The van der Waals surface area contributed by atoms with Gasteiger partial charge in [-0.05, 0) is 53.9 Å². The number of hydrogen-bond donors (Lipinski definition) is 0. The van der Waals surface area contributed by atoms with Gasteiger partial charge in [-0.2, -0.15) is 0 Å². The lowest BCUT2D eigenvalue weighted by Crippen LogP contribution is -2.36. The molecule has 0 bridgehead atoms. The van der Waals surface area contributed by atoms with Gasteiger partial charge in [0.2, 0.25) is 0 Å². The average molecular weight is 411 g/mol. The van der Waals surface area contributed by atoms with Gasteiger partial charge in [0.25, 0.3) is 5.91 Å². The Morgan fingerprint density at radius 1 is 1.00 bits per heavy atom. The number of rotatable bonds is 4. The number of fused-ring (bicyclic) bond motifs is 1. The van der Waals surface area contributed by atoms with E-state index in [1.165, 1.54) is 11.1 Å². The Balaban J connectivity index is 1.56. The fourth-order valence-electron chi connectivity index (χ4n) is 3.91. The van der Waals surface area contributed by atoms with Crippen molar-refractivity contribution in [2.75, 3.05) is 13.7 Å². The van der Waals surface area contributed by atoms with Crippen molar-refractivity contribution in [3.63, 3.8) is 0 Å². The van der Waals surface area contributed by atoms with Gasteiger partial charge in [-0.3, -0.25) is 9.78 Å². The van der Waals surface area contributed by atoms with E-state index in [2.05, 4.69) is 27.4 Å². The fourth-order valence-corrected chi connectivity index (χ4v) is 3.91. The number of nitrogens with zero attached hydrogens (tertiary/aromatic N) is 5. The molecular formula is C24H21N5O2. The van der Waals surface area contributed by atoms with Gasteiger partial charge < -0.3 is 9.64 Å². The predicted octanol–water partition coefficient (Wildman–Crippen LogP) is 3.54. The van der Waals surface area contributed by atoms with Crippen molar-refractivity contribution in [1.29, 1.82) is 0 Å². The number of carbonyl (C=O) groups excluding carboxylic acids is 1. The van der Waals surface area contributed by atoms with Crippen molar-refractivity contribution in [2.45, 2.75) is 13.0 Å². The molecule has 7 nitrogen and oxygen atoms in total. The number of pyridine rings is 1. The van der Waals surface area contributed by atoms with E-state index in [0.29, 0.717) is 24.5 Å². The molecule has 154 valence electrons. The number of amides is 1. The molecule has 0 aliphatic carbocycles. The van der Waals surface area contributed by atoms with Crippen LogP contribution < -0.4 is 4.74 Å². The number of carbonyl (C=O) groups is 1. The van der Waals surface area contributed by atoms with E-state index in [4.69, 9.17) is 4.74 Å². The van der Waals surface area contributed by atoms with E-state index in [0.717, 1.165) is 23.4 Å². The second-order valence-corrected chi connectivity index (χ2v) is 7.38. The Morgan fingerprint density at radius 3 is 2.55 bits per heavy atom. The van der Waals surface area contributed by atoms with Crippen molar-refractivity contribution < 1.29 is 9.53 Å². The van der Waals surface area contributed by atoms with Crippen LogP contribution in [0.3, 0.4) is 0 Å². The summed E-state index contributed by atoms with van der Waals surface area (Å²) >= 11 is 0. The van der Waals surface area contributed by atoms with Gasteiger partial charge in [0.1, 0.15) is 11.4 Å². The number of aromatic nitrogens is 4. The maximum atomic E-state index is 13.5. The molecule has 2 aromatic heterocycles. The standard InChI is InChI=1S/C24H21N5O2/c1-31-21-10-8-20(9-11-21)29-23(18-7-4-13-25-15-18)22(26-27-29)24(30)28-14-12-17-5-2-3-6-19(17)16-28/h2-11,13,15H,12,14,16H2,1H3. The summed E-state index contributed by atoms with van der Waals surface area (Å²) in [6.07, 6.45) is 4.26. The monoisotopic (exact) mass is 411 g/mol. The predicted molar refractivity (Wildman–Crippen MR) is 116 cm³/mol. The molecule has 0 saturated carbocycles. The smallest absolute Gasteiger partial charge is 0.277 e. The van der Waals surface area contributed by atoms with E-state index < -0.39 is 0 Å². The normalized spacial score (nSPS) is 13.0. The van der Waals surface area contributed by atoms with Crippen molar-refractivity contribution in [1.82, 2.24) is 24.9 Å². The van der Waals surface area contributed by atoms with Gasteiger partial charge in [-0.15, -0.1) is 5.10 Å². The molecule has 0 fully saturated rings. The van der Waals surface area contributed by atoms with Gasteiger partial charge in [-0.25, -0.2) is 4.68 Å². The van der Waals surface area contributed by atoms with Crippen LogP contribution in [0.25, 0.3) is 16.9 Å². The maximum absolute atomic E-state index is 13.5. The van der Waals surface area contributed by atoms with E-state index in [1.807, 2.05) is 53.4 Å². The first-order chi connectivity index (χ1) is 15.2. The molecule has 7 heteroatoms. The van der Waals surface area contributed by atoms with Crippen LogP contribution in [0.2, 0.25) is 0 Å². The van der Waals surface area contributed by atoms with Gasteiger partial charge >= 0.3 is 0 Å². The first-order valence-corrected chi connectivity index (χ1v) is 10.1. The van der Waals surface area contributed by atoms with Crippen LogP contribution in [0.5, 0.6) is 5.75 Å². The lowest BCUT2D eigenvalue weighted by atomic mass is 9.99. The third-order valence-corrected chi connectivity index (χ3v) is 5.54. The average Bonchev–Trinajstić information content (AvgIpc) is 3.29. The summed E-state index contributed by atoms with van der Waals surface area (Å²) in [6.45, 7) is 1.22. The second-order valence-electron chi connectivity index (χ2n) is 7.38. The van der Waals surface area contributed by atoms with Crippen LogP contribution in [0.1, 0.15) is 21.6 Å². The Labute approximate surface area is 179 Å². The minimum absolute atomic E-state index is 0.131. The quantitative estimate of drug-likeness (QED) is 0.514. The van der Waals surface area contributed by atoms with Gasteiger partial charge in [0, 0.05) is 31.0 Å². The minimum atomic E-state index is -0.131. The summed E-state index contributed by atoms with van der Waals surface area (Å²) in [5.74, 6) is 0.614. The molecule has 5 rings (SSSR count). The topological polar surface area (TPSA) is 73.1 Å². The highest BCUT2D eigenvalue weighted by Gasteiger charge is 2.28. The molecule has 31 heavy (non-hydrogen) atoms. The second kappa shape index (κ2) is 8.02. The minimum Gasteiger partial charge on any atom is -0.497 e. The van der Waals surface area contributed by atoms with Crippen LogP contribution in [-0.4, -0.2) is 44.4 Å². The maximum Gasteiger partial charge on any atom is 0.277 e. The summed E-state index contributed by atoms with van der Waals surface area (Å²) in [4.78, 5) is 19.6. The van der Waals surface area contributed by atoms with Crippen LogP contribution in [0.15, 0.2) is 73.1 Å². The highest BCUT2D eigenvalue weighted by atomic mass is 16.5. The van der Waals surface area contributed by atoms with Crippen molar-refractivity contribution >= 4 is 5.91 Å². The number of benzene rings is 2. The number of methoxy groups -OCH3 is 1. The van der Waals surface area contributed by atoms with Crippen LogP contribution in [0, 0.1) is 0 Å². The molecule has 1 amide bonds. The number of ether oxygens (including phenoxy) is 1. The van der Waals surface area contributed by atoms with Gasteiger partial charge in [0.05, 0.1) is 12.8 Å². The zero-order valence-electron chi connectivity index (χ0n) is 17.1. The lowest BCUT2D eigenvalue weighted by molar-refractivity contribution is 0.0729. The summed E-state index contributed by atoms with van der Waals surface area (Å²) in [5.41, 5.74) is 4.98. The van der Waals surface area contributed by atoms with E-state index in [9.17, 15) is 4.79 Å². The molecule has 0 saturated heterocycles. The van der Waals surface area contributed by atoms with E-state index in [-0.39, 0.29) is 5.91 Å². The SMILES string of the molecule is COc1ccc(-n2nnc(C(=O)N3CCc4ccccc4C3)c2-c2cccnc2)cc1. The third-order valence-electron chi connectivity index (χ3n) is 5.54. The molecule has 0 atom stereocenters. The largest absolute Gasteiger partial charge is 0.497 e. The fraction of sp³-hybridized carbons (Fsp3) is 0.167. The summed E-state index contributed by atoms with van der Waals surface area (Å²) in [6, 6.07) is 19.5. The lowest BCUT2D eigenvalue weighted by Gasteiger charge is -2.28. The molecule has 0 spiro atoms. The zero-order valence-corrected chi connectivity index (χ0v) is 17.1. The molecule has 1 aliphatic rings. The molecule has 0 unspecified atom stereocenters. The molecule has 0 radical (unpaired) electrons. The highest BCUT2D eigenvalue weighted by Crippen LogP contribution is 2.28. The van der Waals surface area contributed by atoms with Gasteiger partial charge in [0.15, 0.2) is 5.69 Å². The highest BCUT2D eigenvalue weighted by molar-refractivity contribution is 5.98. The number of hydrogen-bond acceptors (Lipinski definition) is 5. The summed E-state index contributed by atoms with van der Waals surface area (Å²) in [7, 11) is 1.62. The van der Waals surface area contributed by atoms with Crippen molar-refractivity contribution in [3.8, 4) is 22.7 Å². The Hall–Kier alpha value is -4.00. The first kappa shape index (κ1) is 19.0. The third kappa shape index (κ3) is 3.54. The zero-order chi connectivity index (χ0) is 21.2. The summed E-state index contributed by atoms with van der Waals surface area (Å²) < 4.78 is 6.94. The van der Waals surface area contributed by atoms with E-state index in [1.54, 1.807) is 24.2 Å². The Morgan fingerprint density at radius 2 is 1.81 bits per heavy atom. The summed E-state index contributed by atoms with van der Waals surface area (Å²) in [5, 5.41) is 8.63. The molecule has 2 aromatic carbocycles. The van der Waals surface area contributed by atoms with E-state index >= 15 is 0 Å². The molecular weight excluding hydrogens is 390 g/mol. The molecule has 0 N–H and O–H groups in total. The van der Waals surface area contributed by atoms with Crippen LogP contribution in [0.4, 0.5) is 0 Å². The van der Waals surface area contributed by atoms with Crippen LogP contribution >= 0.6 is 0 Å².